The van der Waals surface area contributed by atoms with Gasteiger partial charge in [0.25, 0.3) is 10.0 Å². The molecule has 0 aliphatic carbocycles. The number of aliphatic hydroxyl groups is 1. The zero-order chi connectivity index (χ0) is 19.3. The molecule has 6 heteroatoms. The molecule has 0 amide bonds. The summed E-state index contributed by atoms with van der Waals surface area (Å²) < 4.78 is 27.9. The summed E-state index contributed by atoms with van der Waals surface area (Å²) in [5.41, 5.74) is 1.54. The van der Waals surface area contributed by atoms with Crippen molar-refractivity contribution >= 4 is 15.7 Å². The Morgan fingerprint density at radius 2 is 1.54 bits per heavy atom. The molecule has 2 rings (SSSR count). The third-order valence-corrected chi connectivity index (χ3v) is 6.03. The van der Waals surface area contributed by atoms with E-state index in [1.807, 2.05) is 63.2 Å². The predicted molar refractivity (Wildman–Crippen MR) is 106 cm³/mol. The van der Waals surface area contributed by atoms with Crippen LogP contribution in [0.4, 0.5) is 5.69 Å². The molecule has 1 N–H and O–H groups in total. The van der Waals surface area contributed by atoms with E-state index in [4.69, 9.17) is 0 Å². The van der Waals surface area contributed by atoms with Crippen molar-refractivity contribution in [1.29, 1.82) is 0 Å². The fraction of sp³-hybridized carbons (Fsp3) is 0.400. The molecule has 142 valence electrons. The lowest BCUT2D eigenvalue weighted by Gasteiger charge is -2.27. The zero-order valence-electron chi connectivity index (χ0n) is 15.8. The van der Waals surface area contributed by atoms with Gasteiger partial charge in [0.15, 0.2) is 0 Å². The van der Waals surface area contributed by atoms with Crippen molar-refractivity contribution in [3.63, 3.8) is 0 Å². The molecule has 5 nitrogen and oxygen atoms in total. The number of likely N-dealkylation sites (N-methyl/N-ethyl adjacent to an activating group) is 1. The van der Waals surface area contributed by atoms with Crippen molar-refractivity contribution in [3.05, 3.63) is 60.2 Å². The van der Waals surface area contributed by atoms with Crippen molar-refractivity contribution in [2.75, 3.05) is 31.6 Å². The van der Waals surface area contributed by atoms with Crippen molar-refractivity contribution in [2.45, 2.75) is 24.8 Å². The largest absolute Gasteiger partial charge is 0.394 e. The van der Waals surface area contributed by atoms with Crippen LogP contribution in [0, 0.1) is 5.92 Å². The smallest absolute Gasteiger partial charge is 0.264 e. The fourth-order valence-corrected chi connectivity index (χ4v) is 4.45. The van der Waals surface area contributed by atoms with Gasteiger partial charge >= 0.3 is 0 Å². The monoisotopic (exact) mass is 376 g/mol. The van der Waals surface area contributed by atoms with Crippen molar-refractivity contribution in [1.82, 2.24) is 4.90 Å². The lowest BCUT2D eigenvalue weighted by atomic mass is 10.1. The summed E-state index contributed by atoms with van der Waals surface area (Å²) in [6, 6.07) is 15.8. The Balaban J connectivity index is 2.40. The highest BCUT2D eigenvalue weighted by molar-refractivity contribution is 7.92. The SMILES string of the molecule is CC(C)CN(c1ccccc1)S(=O)(=O)c1ccc(C(CO)N(C)C)cc1. The highest BCUT2D eigenvalue weighted by Crippen LogP contribution is 2.26. The summed E-state index contributed by atoms with van der Waals surface area (Å²) in [6.07, 6.45) is 0. The maximum absolute atomic E-state index is 13.2. The number of hydrogen-bond acceptors (Lipinski definition) is 4. The van der Waals surface area contributed by atoms with E-state index in [1.165, 1.54) is 4.31 Å². The predicted octanol–water partition coefficient (Wildman–Crippen LogP) is 3.13. The van der Waals surface area contributed by atoms with Crippen molar-refractivity contribution in [3.8, 4) is 0 Å². The lowest BCUT2D eigenvalue weighted by Crippen LogP contribution is -2.34. The van der Waals surface area contributed by atoms with Gasteiger partial charge in [0.05, 0.1) is 23.2 Å². The standard InChI is InChI=1S/C20H28N2O3S/c1-16(2)14-22(18-8-6-5-7-9-18)26(24,25)19-12-10-17(11-13-19)20(15-23)21(3)4/h5-13,16,20,23H,14-15H2,1-4H3. The van der Waals surface area contributed by atoms with Crippen LogP contribution in [0.1, 0.15) is 25.5 Å². The number of anilines is 1. The number of rotatable bonds is 8. The molecule has 0 bridgehead atoms. The number of hydrogen-bond donors (Lipinski definition) is 1. The van der Waals surface area contributed by atoms with E-state index in [0.717, 1.165) is 5.56 Å². The average Bonchev–Trinajstić information content (AvgIpc) is 2.61. The summed E-state index contributed by atoms with van der Waals surface area (Å²) in [6.45, 7) is 4.38. The highest BCUT2D eigenvalue weighted by atomic mass is 32.2. The van der Waals surface area contributed by atoms with Gasteiger partial charge in [0, 0.05) is 6.54 Å². The van der Waals surface area contributed by atoms with Gasteiger partial charge in [-0.1, -0.05) is 44.2 Å². The van der Waals surface area contributed by atoms with Gasteiger partial charge in [-0.15, -0.1) is 0 Å². The van der Waals surface area contributed by atoms with Crippen LogP contribution in [0.3, 0.4) is 0 Å². The molecule has 1 unspecified atom stereocenters. The molecule has 0 spiro atoms. The Bertz CT molecular complexity index is 788. The first-order valence-electron chi connectivity index (χ1n) is 8.72. The van der Waals surface area contributed by atoms with E-state index in [-0.39, 0.29) is 23.5 Å². The molecule has 0 aliphatic rings. The highest BCUT2D eigenvalue weighted by Gasteiger charge is 2.26. The molecule has 0 heterocycles. The minimum Gasteiger partial charge on any atom is -0.394 e. The average molecular weight is 377 g/mol. The molecular weight excluding hydrogens is 348 g/mol. The maximum Gasteiger partial charge on any atom is 0.264 e. The fourth-order valence-electron chi connectivity index (χ4n) is 2.82. The van der Waals surface area contributed by atoms with Gasteiger partial charge in [0.2, 0.25) is 0 Å². The topological polar surface area (TPSA) is 60.9 Å². The molecule has 0 aromatic heterocycles. The Hall–Kier alpha value is -1.89. The Morgan fingerprint density at radius 3 is 2.00 bits per heavy atom. The third-order valence-electron chi connectivity index (χ3n) is 4.22. The summed E-state index contributed by atoms with van der Waals surface area (Å²) >= 11 is 0. The quantitative estimate of drug-likeness (QED) is 0.769. The van der Waals surface area contributed by atoms with Crippen LogP contribution in [-0.4, -0.2) is 45.7 Å². The number of nitrogens with zero attached hydrogens (tertiary/aromatic N) is 2. The Morgan fingerprint density at radius 1 is 0.962 bits per heavy atom. The maximum atomic E-state index is 13.2. The second kappa shape index (κ2) is 8.66. The third kappa shape index (κ3) is 4.63. The van der Waals surface area contributed by atoms with E-state index in [0.29, 0.717) is 12.2 Å². The van der Waals surface area contributed by atoms with Crippen LogP contribution in [-0.2, 0) is 10.0 Å². The first-order chi connectivity index (χ1) is 12.3. The van der Waals surface area contributed by atoms with Gasteiger partial charge in [-0.25, -0.2) is 8.42 Å². The molecular formula is C20H28N2O3S. The van der Waals surface area contributed by atoms with E-state index < -0.39 is 10.0 Å². The summed E-state index contributed by atoms with van der Waals surface area (Å²) in [5, 5.41) is 9.55. The lowest BCUT2D eigenvalue weighted by molar-refractivity contribution is 0.171. The van der Waals surface area contributed by atoms with Gasteiger partial charge in [-0.05, 0) is 49.8 Å². The van der Waals surface area contributed by atoms with Crippen LogP contribution in [0.15, 0.2) is 59.5 Å². The Labute approximate surface area is 156 Å². The number of aliphatic hydroxyl groups excluding tert-OH is 1. The molecule has 2 aromatic rings. The van der Waals surface area contributed by atoms with Crippen LogP contribution >= 0.6 is 0 Å². The van der Waals surface area contributed by atoms with Crippen LogP contribution in [0.25, 0.3) is 0 Å². The molecule has 0 saturated heterocycles. The number of sulfonamides is 1. The van der Waals surface area contributed by atoms with E-state index in [1.54, 1.807) is 24.3 Å². The molecule has 0 saturated carbocycles. The van der Waals surface area contributed by atoms with Gasteiger partial charge in [0.1, 0.15) is 0 Å². The zero-order valence-corrected chi connectivity index (χ0v) is 16.6. The molecule has 0 fully saturated rings. The normalized spacial score (nSPS) is 13.2. The minimum absolute atomic E-state index is 0.0252. The van der Waals surface area contributed by atoms with Crippen LogP contribution in [0.2, 0.25) is 0 Å². The number of para-hydroxylation sites is 1. The van der Waals surface area contributed by atoms with Gasteiger partial charge < -0.3 is 10.0 Å². The first-order valence-corrected chi connectivity index (χ1v) is 10.2. The molecule has 1 atom stereocenters. The minimum atomic E-state index is -3.66. The first kappa shape index (κ1) is 20.4. The van der Waals surface area contributed by atoms with Crippen LogP contribution in [0.5, 0.6) is 0 Å². The van der Waals surface area contributed by atoms with Crippen LogP contribution < -0.4 is 4.31 Å². The van der Waals surface area contributed by atoms with E-state index >= 15 is 0 Å². The van der Waals surface area contributed by atoms with Gasteiger partial charge in [-0.2, -0.15) is 0 Å². The second-order valence-corrected chi connectivity index (χ2v) is 8.86. The summed E-state index contributed by atoms with van der Waals surface area (Å²) in [5.74, 6) is 0.191. The molecule has 0 aliphatic heterocycles. The van der Waals surface area contributed by atoms with Crippen molar-refractivity contribution in [2.24, 2.45) is 5.92 Å². The van der Waals surface area contributed by atoms with E-state index in [9.17, 15) is 13.5 Å². The second-order valence-electron chi connectivity index (χ2n) is 7.00. The molecule has 26 heavy (non-hydrogen) atoms. The molecule has 2 aromatic carbocycles. The Kier molecular flexibility index (Phi) is 6.81. The molecule has 0 radical (unpaired) electrons. The van der Waals surface area contributed by atoms with Gasteiger partial charge in [-0.3, -0.25) is 4.31 Å². The summed E-state index contributed by atoms with van der Waals surface area (Å²) in [4.78, 5) is 2.15. The summed E-state index contributed by atoms with van der Waals surface area (Å²) in [7, 11) is 0.0992. The number of benzene rings is 2. The van der Waals surface area contributed by atoms with E-state index in [2.05, 4.69) is 0 Å². The van der Waals surface area contributed by atoms with Crippen molar-refractivity contribution < 1.29 is 13.5 Å².